The Morgan fingerprint density at radius 3 is 3.11 bits per heavy atom. The van der Waals surface area contributed by atoms with E-state index in [0.717, 1.165) is 25.3 Å². The molecule has 2 rings (SSSR count). The number of nitrogens with one attached hydrogen (secondary N) is 1. The Labute approximate surface area is 115 Å². The second-order valence-corrected chi connectivity index (χ2v) is 6.15. The van der Waals surface area contributed by atoms with E-state index in [1.54, 1.807) is 11.3 Å². The van der Waals surface area contributed by atoms with E-state index in [0.29, 0.717) is 6.04 Å². The average molecular weight is 267 g/mol. The maximum atomic E-state index is 4.59. The van der Waals surface area contributed by atoms with Crippen LogP contribution in [0.25, 0.3) is 0 Å². The molecule has 1 unspecified atom stereocenters. The minimum atomic E-state index is 0.703. The molecule has 18 heavy (non-hydrogen) atoms. The van der Waals surface area contributed by atoms with E-state index in [1.165, 1.54) is 37.2 Å². The van der Waals surface area contributed by atoms with E-state index in [-0.39, 0.29) is 0 Å². The first-order valence-electron chi connectivity index (χ1n) is 7.15. The fourth-order valence-electron chi connectivity index (χ4n) is 2.59. The monoisotopic (exact) mass is 267 g/mol. The maximum absolute atomic E-state index is 4.59. The lowest BCUT2D eigenvalue weighted by Crippen LogP contribution is -2.45. The van der Waals surface area contributed by atoms with Gasteiger partial charge in [-0.2, -0.15) is 0 Å². The Morgan fingerprint density at radius 1 is 1.50 bits per heavy atom. The van der Waals surface area contributed by atoms with Crippen molar-refractivity contribution in [1.29, 1.82) is 0 Å². The maximum Gasteiger partial charge on any atom is 0.107 e. The molecule has 0 aliphatic carbocycles. The van der Waals surface area contributed by atoms with Crippen LogP contribution in [-0.4, -0.2) is 35.6 Å². The molecule has 0 amide bonds. The van der Waals surface area contributed by atoms with Gasteiger partial charge in [-0.25, -0.2) is 4.98 Å². The summed E-state index contributed by atoms with van der Waals surface area (Å²) in [6.07, 6.45) is 5.28. The van der Waals surface area contributed by atoms with Gasteiger partial charge < -0.3 is 5.32 Å². The van der Waals surface area contributed by atoms with Crippen molar-refractivity contribution in [3.63, 3.8) is 0 Å². The number of aromatic nitrogens is 1. The van der Waals surface area contributed by atoms with Crippen molar-refractivity contribution in [2.24, 2.45) is 0 Å². The standard InChI is InChI=1S/C14H25N3S/c1-3-7-15-9-13-6-4-5-8-17(13)10-14-16-12(2)11-18-14/h11,13,15H,3-10H2,1-2H3. The van der Waals surface area contributed by atoms with Crippen molar-refractivity contribution in [3.05, 3.63) is 16.1 Å². The lowest BCUT2D eigenvalue weighted by atomic mass is 10.0. The number of likely N-dealkylation sites (tertiary alicyclic amines) is 1. The van der Waals surface area contributed by atoms with E-state index in [1.807, 2.05) is 0 Å². The number of hydrogen-bond donors (Lipinski definition) is 1. The van der Waals surface area contributed by atoms with Crippen LogP contribution >= 0.6 is 11.3 Å². The van der Waals surface area contributed by atoms with Crippen molar-refractivity contribution >= 4 is 11.3 Å². The van der Waals surface area contributed by atoms with E-state index in [9.17, 15) is 0 Å². The van der Waals surface area contributed by atoms with Crippen LogP contribution in [0.15, 0.2) is 5.38 Å². The summed E-state index contributed by atoms with van der Waals surface area (Å²) < 4.78 is 0. The van der Waals surface area contributed by atoms with Gasteiger partial charge in [0.25, 0.3) is 0 Å². The number of aryl methyl sites for hydroxylation is 1. The van der Waals surface area contributed by atoms with Crippen molar-refractivity contribution < 1.29 is 0 Å². The highest BCUT2D eigenvalue weighted by Gasteiger charge is 2.22. The number of thiazole rings is 1. The van der Waals surface area contributed by atoms with Gasteiger partial charge in [-0.15, -0.1) is 11.3 Å². The lowest BCUT2D eigenvalue weighted by molar-refractivity contribution is 0.137. The van der Waals surface area contributed by atoms with E-state index in [2.05, 4.69) is 34.4 Å². The molecule has 0 aromatic carbocycles. The Morgan fingerprint density at radius 2 is 2.39 bits per heavy atom. The molecular formula is C14H25N3S. The number of rotatable bonds is 6. The van der Waals surface area contributed by atoms with Gasteiger partial charge >= 0.3 is 0 Å². The molecule has 1 saturated heterocycles. The molecule has 1 aromatic heterocycles. The molecular weight excluding hydrogens is 242 g/mol. The van der Waals surface area contributed by atoms with Gasteiger partial charge in [0.2, 0.25) is 0 Å². The highest BCUT2D eigenvalue weighted by atomic mass is 32.1. The van der Waals surface area contributed by atoms with Crippen LogP contribution in [0, 0.1) is 6.92 Å². The molecule has 0 bridgehead atoms. The number of nitrogens with zero attached hydrogens (tertiary/aromatic N) is 2. The molecule has 102 valence electrons. The molecule has 1 aliphatic rings. The molecule has 1 aliphatic heterocycles. The first-order chi connectivity index (χ1) is 8.79. The smallest absolute Gasteiger partial charge is 0.107 e. The molecule has 4 heteroatoms. The predicted molar refractivity (Wildman–Crippen MR) is 78.1 cm³/mol. The Kier molecular flexibility index (Phi) is 5.60. The zero-order valence-corrected chi connectivity index (χ0v) is 12.4. The highest BCUT2D eigenvalue weighted by Crippen LogP contribution is 2.20. The summed E-state index contributed by atoms with van der Waals surface area (Å²) in [5.41, 5.74) is 1.16. The van der Waals surface area contributed by atoms with Gasteiger partial charge in [0.05, 0.1) is 6.54 Å². The molecule has 1 fully saturated rings. The number of hydrogen-bond acceptors (Lipinski definition) is 4. The second-order valence-electron chi connectivity index (χ2n) is 5.21. The zero-order valence-electron chi connectivity index (χ0n) is 11.6. The minimum Gasteiger partial charge on any atom is -0.315 e. The Hall–Kier alpha value is -0.450. The minimum absolute atomic E-state index is 0.703. The van der Waals surface area contributed by atoms with Crippen molar-refractivity contribution in [1.82, 2.24) is 15.2 Å². The summed E-state index contributed by atoms with van der Waals surface area (Å²) in [4.78, 5) is 7.21. The van der Waals surface area contributed by atoms with E-state index in [4.69, 9.17) is 0 Å². The zero-order chi connectivity index (χ0) is 12.8. The normalized spacial score (nSPS) is 21.3. The third-order valence-electron chi connectivity index (χ3n) is 3.56. The molecule has 0 radical (unpaired) electrons. The Bertz CT molecular complexity index is 351. The molecule has 2 heterocycles. The fraction of sp³-hybridized carbons (Fsp3) is 0.786. The summed E-state index contributed by atoms with van der Waals surface area (Å²) in [5.74, 6) is 0. The van der Waals surface area contributed by atoms with Crippen LogP contribution in [0.2, 0.25) is 0 Å². The third-order valence-corrected chi connectivity index (χ3v) is 4.51. The SMILES string of the molecule is CCCNCC1CCCCN1Cc1nc(C)cs1. The summed E-state index contributed by atoms with van der Waals surface area (Å²) in [7, 11) is 0. The first-order valence-corrected chi connectivity index (χ1v) is 8.03. The van der Waals surface area contributed by atoms with Gasteiger partial charge in [-0.1, -0.05) is 13.3 Å². The average Bonchev–Trinajstić information content (AvgIpc) is 2.77. The van der Waals surface area contributed by atoms with Crippen LogP contribution in [0.4, 0.5) is 0 Å². The number of piperidine rings is 1. The summed E-state index contributed by atoms with van der Waals surface area (Å²) >= 11 is 1.80. The quantitative estimate of drug-likeness (QED) is 0.803. The van der Waals surface area contributed by atoms with Crippen molar-refractivity contribution in [3.8, 4) is 0 Å². The van der Waals surface area contributed by atoms with Gasteiger partial charge in [-0.05, 0) is 39.3 Å². The van der Waals surface area contributed by atoms with Gasteiger partial charge in [0.15, 0.2) is 0 Å². The summed E-state index contributed by atoms with van der Waals surface area (Å²) in [6, 6.07) is 0.703. The first kappa shape index (κ1) is 14.0. The molecule has 3 nitrogen and oxygen atoms in total. The Balaban J connectivity index is 1.86. The topological polar surface area (TPSA) is 28.2 Å². The summed E-state index contributed by atoms with van der Waals surface area (Å²) in [5, 5.41) is 7.00. The van der Waals surface area contributed by atoms with Gasteiger partial charge in [0.1, 0.15) is 5.01 Å². The van der Waals surface area contributed by atoms with E-state index >= 15 is 0 Å². The van der Waals surface area contributed by atoms with Gasteiger partial charge in [-0.3, -0.25) is 4.90 Å². The fourth-order valence-corrected chi connectivity index (χ4v) is 3.39. The summed E-state index contributed by atoms with van der Waals surface area (Å²) in [6.45, 7) is 8.85. The molecule has 1 atom stereocenters. The van der Waals surface area contributed by atoms with E-state index < -0.39 is 0 Å². The van der Waals surface area contributed by atoms with Crippen LogP contribution in [0.5, 0.6) is 0 Å². The van der Waals surface area contributed by atoms with Gasteiger partial charge in [0, 0.05) is 23.7 Å². The molecule has 1 N–H and O–H groups in total. The van der Waals surface area contributed by atoms with Crippen molar-refractivity contribution in [2.75, 3.05) is 19.6 Å². The van der Waals surface area contributed by atoms with Crippen LogP contribution in [0.1, 0.15) is 43.3 Å². The van der Waals surface area contributed by atoms with Crippen LogP contribution in [-0.2, 0) is 6.54 Å². The highest BCUT2D eigenvalue weighted by molar-refractivity contribution is 7.09. The largest absolute Gasteiger partial charge is 0.315 e. The second kappa shape index (κ2) is 7.22. The molecule has 0 saturated carbocycles. The van der Waals surface area contributed by atoms with Crippen molar-refractivity contribution in [2.45, 2.75) is 52.1 Å². The lowest BCUT2D eigenvalue weighted by Gasteiger charge is -2.35. The predicted octanol–water partition coefficient (Wildman–Crippen LogP) is 2.81. The third kappa shape index (κ3) is 4.04. The molecule has 1 aromatic rings. The van der Waals surface area contributed by atoms with Crippen LogP contribution < -0.4 is 5.32 Å². The molecule has 0 spiro atoms. The van der Waals surface area contributed by atoms with Crippen LogP contribution in [0.3, 0.4) is 0 Å².